The van der Waals surface area contributed by atoms with Crippen LogP contribution < -0.4 is 10.5 Å². The van der Waals surface area contributed by atoms with Crippen molar-refractivity contribution >= 4 is 0 Å². The molecule has 0 aliphatic carbocycles. The molecular weight excluding hydrogens is 234 g/mol. The van der Waals surface area contributed by atoms with Crippen molar-refractivity contribution in [3.05, 3.63) is 65.2 Å². The number of nitrogens with two attached hydrogens (primary N) is 1. The number of hydrogen-bond donors (Lipinski definition) is 1. The van der Waals surface area contributed by atoms with Crippen molar-refractivity contribution in [2.75, 3.05) is 6.61 Å². The summed E-state index contributed by atoms with van der Waals surface area (Å²) in [4.78, 5) is 0. The number of benzene rings is 2. The van der Waals surface area contributed by atoms with Crippen molar-refractivity contribution in [1.29, 1.82) is 0 Å². The van der Waals surface area contributed by atoms with E-state index in [2.05, 4.69) is 31.2 Å². The van der Waals surface area contributed by atoms with Gasteiger partial charge < -0.3 is 10.5 Å². The van der Waals surface area contributed by atoms with Gasteiger partial charge in [0.1, 0.15) is 5.75 Å². The number of ether oxygens (including phenoxy) is 1. The van der Waals surface area contributed by atoms with E-state index in [0.29, 0.717) is 6.61 Å². The summed E-state index contributed by atoms with van der Waals surface area (Å²) in [6.45, 7) is 4.82. The Bertz CT molecular complexity index is 519. The second kappa shape index (κ2) is 6.39. The first kappa shape index (κ1) is 13.6. The maximum atomic E-state index is 6.32. The molecule has 1 unspecified atom stereocenters. The number of hydrogen-bond acceptors (Lipinski definition) is 2. The quantitative estimate of drug-likeness (QED) is 0.884. The Hall–Kier alpha value is -1.80. The van der Waals surface area contributed by atoms with Crippen LogP contribution in [0.5, 0.6) is 5.75 Å². The molecule has 0 aliphatic heterocycles. The molecule has 2 aromatic carbocycles. The van der Waals surface area contributed by atoms with Crippen LogP contribution in [0.15, 0.2) is 48.5 Å². The first-order valence-electron chi connectivity index (χ1n) is 6.81. The van der Waals surface area contributed by atoms with E-state index in [0.717, 1.165) is 23.3 Å². The number of aryl methyl sites for hydroxylation is 1. The normalized spacial score (nSPS) is 12.2. The van der Waals surface area contributed by atoms with E-state index in [9.17, 15) is 0 Å². The van der Waals surface area contributed by atoms with Gasteiger partial charge in [0.15, 0.2) is 0 Å². The molecule has 0 aliphatic rings. The first-order chi connectivity index (χ1) is 9.24. The highest BCUT2D eigenvalue weighted by Gasteiger charge is 2.09. The molecule has 0 radical (unpaired) electrons. The van der Waals surface area contributed by atoms with Crippen LogP contribution in [0.1, 0.15) is 36.6 Å². The van der Waals surface area contributed by atoms with Gasteiger partial charge >= 0.3 is 0 Å². The lowest BCUT2D eigenvalue weighted by atomic mass is 9.97. The summed E-state index contributed by atoms with van der Waals surface area (Å²) in [7, 11) is 0. The zero-order valence-electron chi connectivity index (χ0n) is 11.6. The smallest absolute Gasteiger partial charge is 0.119 e. The molecular formula is C17H21NO. The minimum Gasteiger partial charge on any atom is -0.494 e. The highest BCUT2D eigenvalue weighted by atomic mass is 16.5. The average molecular weight is 255 g/mol. The highest BCUT2D eigenvalue weighted by molar-refractivity contribution is 5.36. The molecule has 2 heteroatoms. The monoisotopic (exact) mass is 255 g/mol. The molecule has 1 atom stereocenters. The summed E-state index contributed by atoms with van der Waals surface area (Å²) in [5.41, 5.74) is 9.91. The van der Waals surface area contributed by atoms with Crippen LogP contribution in [0.2, 0.25) is 0 Å². The highest BCUT2D eigenvalue weighted by Crippen LogP contribution is 2.23. The van der Waals surface area contributed by atoms with Crippen LogP contribution >= 0.6 is 0 Å². The van der Waals surface area contributed by atoms with Gasteiger partial charge in [-0.1, -0.05) is 43.3 Å². The van der Waals surface area contributed by atoms with E-state index in [1.54, 1.807) is 0 Å². The second-order valence-electron chi connectivity index (χ2n) is 4.58. The van der Waals surface area contributed by atoms with E-state index < -0.39 is 0 Å². The third-order valence-electron chi connectivity index (χ3n) is 3.27. The topological polar surface area (TPSA) is 35.2 Å². The maximum Gasteiger partial charge on any atom is 0.119 e. The zero-order chi connectivity index (χ0) is 13.7. The molecule has 0 spiro atoms. The number of rotatable bonds is 5. The van der Waals surface area contributed by atoms with E-state index >= 15 is 0 Å². The van der Waals surface area contributed by atoms with Crippen LogP contribution in [-0.4, -0.2) is 6.61 Å². The Balaban J connectivity index is 2.20. The third-order valence-corrected chi connectivity index (χ3v) is 3.27. The van der Waals surface area contributed by atoms with Crippen LogP contribution in [-0.2, 0) is 6.42 Å². The van der Waals surface area contributed by atoms with Crippen molar-refractivity contribution in [2.24, 2.45) is 5.73 Å². The Morgan fingerprint density at radius 2 is 1.74 bits per heavy atom. The third kappa shape index (κ3) is 3.36. The molecule has 0 fully saturated rings. The fourth-order valence-corrected chi connectivity index (χ4v) is 2.14. The Morgan fingerprint density at radius 3 is 2.37 bits per heavy atom. The summed E-state index contributed by atoms with van der Waals surface area (Å²) in [6, 6.07) is 16.4. The molecule has 0 bridgehead atoms. The van der Waals surface area contributed by atoms with Gasteiger partial charge in [0.2, 0.25) is 0 Å². The van der Waals surface area contributed by atoms with Crippen molar-refractivity contribution in [3.63, 3.8) is 0 Å². The summed E-state index contributed by atoms with van der Waals surface area (Å²) in [5.74, 6) is 0.890. The molecule has 0 saturated carbocycles. The zero-order valence-corrected chi connectivity index (χ0v) is 11.6. The average Bonchev–Trinajstić information content (AvgIpc) is 2.48. The van der Waals surface area contributed by atoms with Gasteiger partial charge in [0.05, 0.1) is 12.6 Å². The van der Waals surface area contributed by atoms with Gasteiger partial charge in [-0.05, 0) is 42.2 Å². The predicted octanol–water partition coefficient (Wildman–Crippen LogP) is 3.70. The first-order valence-corrected chi connectivity index (χ1v) is 6.81. The molecule has 2 rings (SSSR count). The molecule has 19 heavy (non-hydrogen) atoms. The lowest BCUT2D eigenvalue weighted by molar-refractivity contribution is 0.340. The summed E-state index contributed by atoms with van der Waals surface area (Å²) >= 11 is 0. The van der Waals surface area contributed by atoms with Crippen LogP contribution in [0.4, 0.5) is 0 Å². The largest absolute Gasteiger partial charge is 0.494 e. The van der Waals surface area contributed by atoms with Crippen molar-refractivity contribution in [1.82, 2.24) is 0 Å². The molecule has 0 aromatic heterocycles. The lowest BCUT2D eigenvalue weighted by Gasteiger charge is -2.14. The molecule has 0 amide bonds. The Labute approximate surface area is 115 Å². The molecule has 2 aromatic rings. The minimum atomic E-state index is -0.0813. The SMILES string of the molecule is CCOc1ccc(C(N)c2cccc(CC)c2)cc1. The van der Waals surface area contributed by atoms with E-state index in [-0.39, 0.29) is 6.04 Å². The minimum absolute atomic E-state index is 0.0813. The summed E-state index contributed by atoms with van der Waals surface area (Å²) in [5, 5.41) is 0. The van der Waals surface area contributed by atoms with Gasteiger partial charge in [0, 0.05) is 0 Å². The lowest BCUT2D eigenvalue weighted by Crippen LogP contribution is -2.12. The standard InChI is InChI=1S/C17H21NO/c1-3-13-6-5-7-15(12-13)17(18)14-8-10-16(11-9-14)19-4-2/h5-12,17H,3-4,18H2,1-2H3. The fraction of sp³-hybridized carbons (Fsp3) is 0.294. The van der Waals surface area contributed by atoms with Gasteiger partial charge in [-0.2, -0.15) is 0 Å². The molecule has 100 valence electrons. The molecule has 2 N–H and O–H groups in total. The van der Waals surface area contributed by atoms with Crippen LogP contribution in [0.25, 0.3) is 0 Å². The van der Waals surface area contributed by atoms with Crippen LogP contribution in [0, 0.1) is 0 Å². The van der Waals surface area contributed by atoms with E-state index in [1.807, 2.05) is 31.2 Å². The fourth-order valence-electron chi connectivity index (χ4n) is 2.14. The van der Waals surface area contributed by atoms with Gasteiger partial charge in [0.25, 0.3) is 0 Å². The van der Waals surface area contributed by atoms with Crippen molar-refractivity contribution < 1.29 is 4.74 Å². The second-order valence-corrected chi connectivity index (χ2v) is 4.58. The Kier molecular flexibility index (Phi) is 4.58. The van der Waals surface area contributed by atoms with Gasteiger partial charge in [-0.3, -0.25) is 0 Å². The van der Waals surface area contributed by atoms with Crippen molar-refractivity contribution in [3.8, 4) is 5.75 Å². The Morgan fingerprint density at radius 1 is 1.00 bits per heavy atom. The molecule has 0 heterocycles. The summed E-state index contributed by atoms with van der Waals surface area (Å²) in [6.07, 6.45) is 1.03. The van der Waals surface area contributed by atoms with Crippen molar-refractivity contribution in [2.45, 2.75) is 26.3 Å². The maximum absolute atomic E-state index is 6.32. The predicted molar refractivity (Wildman–Crippen MR) is 79.5 cm³/mol. The van der Waals surface area contributed by atoms with Gasteiger partial charge in [-0.15, -0.1) is 0 Å². The molecule has 2 nitrogen and oxygen atoms in total. The van der Waals surface area contributed by atoms with E-state index in [1.165, 1.54) is 5.56 Å². The summed E-state index contributed by atoms with van der Waals surface area (Å²) < 4.78 is 5.44. The molecule has 0 saturated heterocycles. The van der Waals surface area contributed by atoms with E-state index in [4.69, 9.17) is 10.5 Å². The van der Waals surface area contributed by atoms with Gasteiger partial charge in [-0.25, -0.2) is 0 Å². The van der Waals surface area contributed by atoms with Crippen LogP contribution in [0.3, 0.4) is 0 Å².